The second-order valence-corrected chi connectivity index (χ2v) is 5.79. The predicted octanol–water partition coefficient (Wildman–Crippen LogP) is 3.01. The second kappa shape index (κ2) is 5.96. The molecule has 0 saturated carbocycles. The van der Waals surface area contributed by atoms with Crippen molar-refractivity contribution in [3.8, 4) is 17.2 Å². The molecule has 0 saturated heterocycles. The number of aromatic nitrogens is 3. The standard InChI is InChI=1S/C18H18N4O2/c1-12-20-18(24-21-12)15-6-4-9-19-17(15)22-10-8-14-13(11-22)5-3-7-16(14)23-2/h3-7,9H,8,10-11H2,1-2H3. The number of nitrogens with zero attached hydrogens (tertiary/aromatic N) is 4. The smallest absolute Gasteiger partial charge is 0.261 e. The van der Waals surface area contributed by atoms with Gasteiger partial charge in [0, 0.05) is 24.8 Å². The molecule has 6 nitrogen and oxygen atoms in total. The van der Waals surface area contributed by atoms with Gasteiger partial charge < -0.3 is 14.2 Å². The fraction of sp³-hybridized carbons (Fsp3) is 0.278. The molecule has 0 bridgehead atoms. The zero-order chi connectivity index (χ0) is 16.5. The van der Waals surface area contributed by atoms with E-state index in [1.807, 2.05) is 31.2 Å². The lowest BCUT2D eigenvalue weighted by Gasteiger charge is -2.31. The molecule has 2 aromatic heterocycles. The number of hydrogen-bond donors (Lipinski definition) is 0. The number of ether oxygens (including phenoxy) is 1. The Hall–Kier alpha value is -2.89. The molecule has 0 aliphatic carbocycles. The maximum atomic E-state index is 5.48. The highest BCUT2D eigenvalue weighted by molar-refractivity contribution is 5.70. The highest BCUT2D eigenvalue weighted by Crippen LogP contribution is 2.33. The van der Waals surface area contributed by atoms with Gasteiger partial charge in [0.05, 0.1) is 12.7 Å². The first kappa shape index (κ1) is 14.7. The van der Waals surface area contributed by atoms with E-state index in [0.717, 1.165) is 36.6 Å². The van der Waals surface area contributed by atoms with Crippen molar-refractivity contribution in [3.63, 3.8) is 0 Å². The summed E-state index contributed by atoms with van der Waals surface area (Å²) >= 11 is 0. The van der Waals surface area contributed by atoms with E-state index in [-0.39, 0.29) is 0 Å². The third-order valence-corrected chi connectivity index (χ3v) is 4.29. The minimum Gasteiger partial charge on any atom is -0.496 e. The summed E-state index contributed by atoms with van der Waals surface area (Å²) in [6, 6.07) is 10.0. The van der Waals surface area contributed by atoms with Crippen LogP contribution in [-0.4, -0.2) is 28.8 Å². The molecule has 0 unspecified atom stereocenters. The Morgan fingerprint density at radius 2 is 2.12 bits per heavy atom. The average Bonchev–Trinajstić information content (AvgIpc) is 3.07. The van der Waals surface area contributed by atoms with Crippen LogP contribution in [0.15, 0.2) is 41.1 Å². The molecule has 0 N–H and O–H groups in total. The van der Waals surface area contributed by atoms with Crippen LogP contribution in [0.5, 0.6) is 5.75 Å². The number of methoxy groups -OCH3 is 1. The fourth-order valence-corrected chi connectivity index (χ4v) is 3.17. The summed E-state index contributed by atoms with van der Waals surface area (Å²) in [6.07, 6.45) is 2.71. The van der Waals surface area contributed by atoms with Gasteiger partial charge in [-0.05, 0) is 37.1 Å². The number of pyridine rings is 1. The zero-order valence-corrected chi connectivity index (χ0v) is 13.7. The molecule has 24 heavy (non-hydrogen) atoms. The van der Waals surface area contributed by atoms with Gasteiger partial charge in [-0.25, -0.2) is 4.98 Å². The first-order chi connectivity index (χ1) is 11.8. The summed E-state index contributed by atoms with van der Waals surface area (Å²) in [5.41, 5.74) is 3.41. The fourth-order valence-electron chi connectivity index (χ4n) is 3.17. The van der Waals surface area contributed by atoms with Crippen molar-refractivity contribution < 1.29 is 9.26 Å². The Morgan fingerprint density at radius 1 is 1.21 bits per heavy atom. The van der Waals surface area contributed by atoms with Crippen molar-refractivity contribution in [2.45, 2.75) is 19.9 Å². The van der Waals surface area contributed by atoms with Gasteiger partial charge in [0.1, 0.15) is 11.6 Å². The van der Waals surface area contributed by atoms with Crippen molar-refractivity contribution in [2.75, 3.05) is 18.6 Å². The number of rotatable bonds is 3. The molecular formula is C18H18N4O2. The largest absolute Gasteiger partial charge is 0.496 e. The van der Waals surface area contributed by atoms with Crippen LogP contribution >= 0.6 is 0 Å². The van der Waals surface area contributed by atoms with E-state index in [4.69, 9.17) is 9.26 Å². The molecule has 0 spiro atoms. The average molecular weight is 322 g/mol. The van der Waals surface area contributed by atoms with E-state index in [1.165, 1.54) is 11.1 Å². The number of aryl methyl sites for hydroxylation is 1. The van der Waals surface area contributed by atoms with Crippen LogP contribution in [0.25, 0.3) is 11.5 Å². The minimum absolute atomic E-state index is 0.507. The molecule has 0 atom stereocenters. The first-order valence-corrected chi connectivity index (χ1v) is 7.91. The number of hydrogen-bond acceptors (Lipinski definition) is 6. The molecule has 0 amide bonds. The predicted molar refractivity (Wildman–Crippen MR) is 90.0 cm³/mol. The van der Waals surface area contributed by atoms with Crippen LogP contribution in [0.4, 0.5) is 5.82 Å². The molecule has 6 heteroatoms. The van der Waals surface area contributed by atoms with Crippen LogP contribution < -0.4 is 9.64 Å². The lowest BCUT2D eigenvalue weighted by atomic mass is 9.98. The molecule has 1 aliphatic heterocycles. The van der Waals surface area contributed by atoms with Crippen LogP contribution in [0.3, 0.4) is 0 Å². The molecule has 1 aliphatic rings. The van der Waals surface area contributed by atoms with Crippen molar-refractivity contribution in [1.29, 1.82) is 0 Å². The van der Waals surface area contributed by atoms with Crippen molar-refractivity contribution >= 4 is 5.82 Å². The van der Waals surface area contributed by atoms with Crippen LogP contribution in [0.1, 0.15) is 17.0 Å². The maximum absolute atomic E-state index is 5.48. The molecule has 3 aromatic rings. The summed E-state index contributed by atoms with van der Waals surface area (Å²) in [5, 5.41) is 3.89. The Bertz CT molecular complexity index is 875. The third-order valence-electron chi connectivity index (χ3n) is 4.29. The SMILES string of the molecule is COc1cccc2c1CCN(c1ncccc1-c1nc(C)no1)C2. The first-order valence-electron chi connectivity index (χ1n) is 7.91. The number of benzene rings is 1. The van der Waals surface area contributed by atoms with E-state index >= 15 is 0 Å². The van der Waals surface area contributed by atoms with Crippen molar-refractivity contribution in [2.24, 2.45) is 0 Å². The Kier molecular flexibility index (Phi) is 3.65. The van der Waals surface area contributed by atoms with Crippen LogP contribution in [0.2, 0.25) is 0 Å². The molecule has 0 fully saturated rings. The lowest BCUT2D eigenvalue weighted by molar-refractivity contribution is 0.407. The van der Waals surface area contributed by atoms with Gasteiger partial charge in [0.2, 0.25) is 0 Å². The summed E-state index contributed by atoms with van der Waals surface area (Å²) in [7, 11) is 1.72. The highest BCUT2D eigenvalue weighted by atomic mass is 16.5. The van der Waals surface area contributed by atoms with Crippen LogP contribution in [0, 0.1) is 6.92 Å². The summed E-state index contributed by atoms with van der Waals surface area (Å²) in [6.45, 7) is 3.46. The quantitative estimate of drug-likeness (QED) is 0.738. The Morgan fingerprint density at radius 3 is 2.92 bits per heavy atom. The van der Waals surface area contributed by atoms with Gasteiger partial charge in [0.15, 0.2) is 5.82 Å². The normalized spacial score (nSPS) is 13.7. The highest BCUT2D eigenvalue weighted by Gasteiger charge is 2.23. The lowest BCUT2D eigenvalue weighted by Crippen LogP contribution is -2.31. The Labute approximate surface area is 140 Å². The van der Waals surface area contributed by atoms with E-state index in [2.05, 4.69) is 26.1 Å². The van der Waals surface area contributed by atoms with Crippen molar-refractivity contribution in [1.82, 2.24) is 15.1 Å². The second-order valence-electron chi connectivity index (χ2n) is 5.79. The van der Waals surface area contributed by atoms with Gasteiger partial charge in [-0.3, -0.25) is 0 Å². The molecular weight excluding hydrogens is 304 g/mol. The summed E-state index contributed by atoms with van der Waals surface area (Å²) in [4.78, 5) is 11.2. The molecule has 3 heterocycles. The molecule has 1 aromatic carbocycles. The van der Waals surface area contributed by atoms with Gasteiger partial charge in [-0.15, -0.1) is 0 Å². The van der Waals surface area contributed by atoms with E-state index in [0.29, 0.717) is 11.7 Å². The minimum atomic E-state index is 0.507. The molecule has 122 valence electrons. The van der Waals surface area contributed by atoms with Gasteiger partial charge in [-0.1, -0.05) is 17.3 Å². The van der Waals surface area contributed by atoms with E-state index < -0.39 is 0 Å². The molecule has 0 radical (unpaired) electrons. The monoisotopic (exact) mass is 322 g/mol. The summed E-state index contributed by atoms with van der Waals surface area (Å²) < 4.78 is 10.8. The topological polar surface area (TPSA) is 64.3 Å². The summed E-state index contributed by atoms with van der Waals surface area (Å²) in [5.74, 6) is 2.95. The van der Waals surface area contributed by atoms with Gasteiger partial charge in [-0.2, -0.15) is 4.98 Å². The zero-order valence-electron chi connectivity index (χ0n) is 13.7. The van der Waals surface area contributed by atoms with E-state index in [1.54, 1.807) is 13.3 Å². The van der Waals surface area contributed by atoms with Crippen LogP contribution in [-0.2, 0) is 13.0 Å². The number of anilines is 1. The van der Waals surface area contributed by atoms with Gasteiger partial charge >= 0.3 is 0 Å². The maximum Gasteiger partial charge on any atom is 0.261 e. The van der Waals surface area contributed by atoms with Gasteiger partial charge in [0.25, 0.3) is 5.89 Å². The third kappa shape index (κ3) is 2.50. The number of fused-ring (bicyclic) bond motifs is 1. The van der Waals surface area contributed by atoms with Crippen molar-refractivity contribution in [3.05, 3.63) is 53.5 Å². The molecule has 4 rings (SSSR count). The Balaban J connectivity index is 1.71. The van der Waals surface area contributed by atoms with E-state index in [9.17, 15) is 0 Å².